The molecule has 22 heavy (non-hydrogen) atoms. The molecule has 1 fully saturated rings. The Kier molecular flexibility index (Phi) is 5.19. The van der Waals surface area contributed by atoms with E-state index in [9.17, 15) is 0 Å². The lowest BCUT2D eigenvalue weighted by atomic mass is 10.1. The lowest BCUT2D eigenvalue weighted by molar-refractivity contribution is -0.00229. The Balaban J connectivity index is 1.59. The molecule has 0 saturated carbocycles. The third-order valence-electron chi connectivity index (χ3n) is 4.06. The topological polar surface area (TPSA) is 47.5 Å². The van der Waals surface area contributed by atoms with Gasteiger partial charge in [-0.3, -0.25) is 9.97 Å². The summed E-state index contributed by atoms with van der Waals surface area (Å²) in [6, 6.07) is 4.01. The van der Waals surface area contributed by atoms with Gasteiger partial charge in [0.15, 0.2) is 0 Å². The number of ether oxygens (including phenoxy) is 2. The molecule has 0 amide bonds. The summed E-state index contributed by atoms with van der Waals surface area (Å²) >= 11 is 0. The molecule has 2 aromatic rings. The van der Waals surface area contributed by atoms with Crippen molar-refractivity contribution >= 4 is 16.6 Å². The largest absolute Gasteiger partial charge is 0.379 e. The number of anilines is 1. The Labute approximate surface area is 131 Å². The monoisotopic (exact) mass is 301 g/mol. The molecule has 2 aromatic heterocycles. The van der Waals surface area contributed by atoms with Crippen LogP contribution >= 0.6 is 0 Å². The molecule has 118 valence electrons. The second-order valence-corrected chi connectivity index (χ2v) is 5.49. The second kappa shape index (κ2) is 7.51. The smallest absolute Gasteiger partial charge is 0.0966 e. The van der Waals surface area contributed by atoms with Crippen molar-refractivity contribution in [3.8, 4) is 0 Å². The first-order chi connectivity index (χ1) is 10.9. The Morgan fingerprint density at radius 1 is 1.23 bits per heavy atom. The number of aromatic nitrogens is 2. The zero-order valence-electron chi connectivity index (χ0n) is 13.1. The Bertz CT molecular complexity index is 592. The van der Waals surface area contributed by atoms with Gasteiger partial charge in [0.25, 0.3) is 0 Å². The fourth-order valence-corrected chi connectivity index (χ4v) is 2.90. The number of fused-ring (bicyclic) bond motifs is 1. The lowest BCUT2D eigenvalue weighted by Crippen LogP contribution is -2.37. The van der Waals surface area contributed by atoms with Crippen LogP contribution in [0.15, 0.2) is 30.7 Å². The van der Waals surface area contributed by atoms with Crippen molar-refractivity contribution in [2.45, 2.75) is 25.9 Å². The van der Waals surface area contributed by atoms with E-state index in [1.54, 1.807) is 0 Å². The van der Waals surface area contributed by atoms with Gasteiger partial charge in [-0.25, -0.2) is 0 Å². The van der Waals surface area contributed by atoms with Crippen LogP contribution in [0, 0.1) is 0 Å². The molecule has 0 aliphatic carbocycles. The molecule has 3 heterocycles. The van der Waals surface area contributed by atoms with Gasteiger partial charge in [-0.15, -0.1) is 0 Å². The van der Waals surface area contributed by atoms with Gasteiger partial charge in [-0.1, -0.05) is 0 Å². The average molecular weight is 301 g/mol. The maximum atomic E-state index is 5.87. The van der Waals surface area contributed by atoms with Crippen LogP contribution in [0.25, 0.3) is 10.9 Å². The van der Waals surface area contributed by atoms with Gasteiger partial charge in [0.05, 0.1) is 36.7 Å². The summed E-state index contributed by atoms with van der Waals surface area (Å²) in [5.74, 6) is 0. The van der Waals surface area contributed by atoms with E-state index in [1.165, 1.54) is 0 Å². The highest BCUT2D eigenvalue weighted by atomic mass is 16.5. The van der Waals surface area contributed by atoms with Crippen molar-refractivity contribution in [1.29, 1.82) is 0 Å². The lowest BCUT2D eigenvalue weighted by Gasteiger charge is -2.33. The molecule has 1 saturated heterocycles. The first kappa shape index (κ1) is 15.2. The van der Waals surface area contributed by atoms with E-state index in [1.807, 2.05) is 31.6 Å². The highest BCUT2D eigenvalue weighted by molar-refractivity contribution is 5.89. The standard InChI is InChI=1S/C17H23N3O2/c1-2-21-10-11-22-15-5-8-20(9-6-15)16-13-18-12-14-4-3-7-19-17(14)16/h3-4,7,12-13,15H,2,5-6,8-11H2,1H3. The van der Waals surface area contributed by atoms with Crippen molar-refractivity contribution in [3.63, 3.8) is 0 Å². The molecule has 0 radical (unpaired) electrons. The summed E-state index contributed by atoms with van der Waals surface area (Å²) in [6.45, 7) is 6.10. The quantitative estimate of drug-likeness (QED) is 0.768. The van der Waals surface area contributed by atoms with E-state index >= 15 is 0 Å². The predicted octanol–water partition coefficient (Wildman–Crippen LogP) is 2.65. The van der Waals surface area contributed by atoms with E-state index in [0.29, 0.717) is 19.3 Å². The van der Waals surface area contributed by atoms with Crippen molar-refractivity contribution in [2.24, 2.45) is 0 Å². The zero-order valence-corrected chi connectivity index (χ0v) is 13.1. The summed E-state index contributed by atoms with van der Waals surface area (Å²) in [5, 5.41) is 1.09. The second-order valence-electron chi connectivity index (χ2n) is 5.49. The third-order valence-corrected chi connectivity index (χ3v) is 4.06. The van der Waals surface area contributed by atoms with Gasteiger partial charge in [0.1, 0.15) is 0 Å². The molecule has 0 bridgehead atoms. The summed E-state index contributed by atoms with van der Waals surface area (Å²) < 4.78 is 11.2. The fourth-order valence-electron chi connectivity index (χ4n) is 2.90. The van der Waals surface area contributed by atoms with Crippen LogP contribution in [0.1, 0.15) is 19.8 Å². The van der Waals surface area contributed by atoms with Gasteiger partial charge in [-0.05, 0) is 31.9 Å². The van der Waals surface area contributed by atoms with E-state index in [4.69, 9.17) is 9.47 Å². The number of hydrogen-bond donors (Lipinski definition) is 0. The van der Waals surface area contributed by atoms with Gasteiger partial charge in [0.2, 0.25) is 0 Å². The summed E-state index contributed by atoms with van der Waals surface area (Å²) in [4.78, 5) is 11.2. The molecular formula is C17H23N3O2. The van der Waals surface area contributed by atoms with Crippen molar-refractivity contribution in [3.05, 3.63) is 30.7 Å². The van der Waals surface area contributed by atoms with Crippen molar-refractivity contribution in [1.82, 2.24) is 9.97 Å². The van der Waals surface area contributed by atoms with E-state index in [0.717, 1.165) is 49.1 Å². The van der Waals surface area contributed by atoms with Crippen LogP contribution in [0.4, 0.5) is 5.69 Å². The molecule has 0 aromatic carbocycles. The first-order valence-corrected chi connectivity index (χ1v) is 8.01. The SMILES string of the molecule is CCOCCOC1CCN(c2cncc3cccnc23)CC1. The van der Waals surface area contributed by atoms with Crippen LogP contribution in [0.5, 0.6) is 0 Å². The Hall–Kier alpha value is -1.72. The molecule has 0 spiro atoms. The normalized spacial score (nSPS) is 16.3. The van der Waals surface area contributed by atoms with E-state index in [2.05, 4.69) is 20.9 Å². The number of pyridine rings is 2. The van der Waals surface area contributed by atoms with Crippen LogP contribution in [-0.4, -0.2) is 49.0 Å². The highest BCUT2D eigenvalue weighted by Gasteiger charge is 2.21. The maximum Gasteiger partial charge on any atom is 0.0966 e. The summed E-state index contributed by atoms with van der Waals surface area (Å²) in [5.41, 5.74) is 2.17. The molecule has 1 aliphatic heterocycles. The van der Waals surface area contributed by atoms with Crippen LogP contribution in [-0.2, 0) is 9.47 Å². The van der Waals surface area contributed by atoms with E-state index < -0.39 is 0 Å². The minimum Gasteiger partial charge on any atom is -0.379 e. The molecule has 0 atom stereocenters. The number of nitrogens with zero attached hydrogens (tertiary/aromatic N) is 3. The summed E-state index contributed by atoms with van der Waals surface area (Å²) in [7, 11) is 0. The van der Waals surface area contributed by atoms with Crippen molar-refractivity contribution < 1.29 is 9.47 Å². The Morgan fingerprint density at radius 3 is 2.91 bits per heavy atom. The molecule has 0 N–H and O–H groups in total. The zero-order chi connectivity index (χ0) is 15.2. The Morgan fingerprint density at radius 2 is 2.09 bits per heavy atom. The highest BCUT2D eigenvalue weighted by Crippen LogP contribution is 2.26. The molecule has 0 unspecified atom stereocenters. The van der Waals surface area contributed by atoms with Crippen LogP contribution < -0.4 is 4.90 Å². The fraction of sp³-hybridized carbons (Fsp3) is 0.529. The average Bonchev–Trinajstić information content (AvgIpc) is 2.59. The van der Waals surface area contributed by atoms with Gasteiger partial charge in [0, 0.05) is 37.5 Å². The molecule has 5 nitrogen and oxygen atoms in total. The molecule has 3 rings (SSSR count). The predicted molar refractivity (Wildman–Crippen MR) is 87.2 cm³/mol. The molecule has 1 aliphatic rings. The number of piperidine rings is 1. The minimum atomic E-state index is 0.340. The number of rotatable bonds is 6. The van der Waals surface area contributed by atoms with Gasteiger partial charge >= 0.3 is 0 Å². The first-order valence-electron chi connectivity index (χ1n) is 8.01. The molecule has 5 heteroatoms. The van der Waals surface area contributed by atoms with Gasteiger partial charge in [-0.2, -0.15) is 0 Å². The van der Waals surface area contributed by atoms with Crippen LogP contribution in [0.3, 0.4) is 0 Å². The van der Waals surface area contributed by atoms with Crippen LogP contribution in [0.2, 0.25) is 0 Å². The summed E-state index contributed by atoms with van der Waals surface area (Å²) in [6.07, 6.45) is 8.05. The molecular weight excluding hydrogens is 278 g/mol. The minimum absolute atomic E-state index is 0.340. The third kappa shape index (κ3) is 3.54. The van der Waals surface area contributed by atoms with Gasteiger partial charge < -0.3 is 14.4 Å². The van der Waals surface area contributed by atoms with Crippen molar-refractivity contribution in [2.75, 3.05) is 37.8 Å². The number of hydrogen-bond acceptors (Lipinski definition) is 5. The van der Waals surface area contributed by atoms with E-state index in [-0.39, 0.29) is 0 Å². The maximum absolute atomic E-state index is 5.87.